The van der Waals surface area contributed by atoms with E-state index in [-0.39, 0.29) is 5.69 Å². The molecule has 80 valence electrons. The Morgan fingerprint density at radius 3 is 2.50 bits per heavy atom. The molecule has 4 heteroatoms. The van der Waals surface area contributed by atoms with E-state index in [1.54, 1.807) is 30.3 Å². The van der Waals surface area contributed by atoms with Gasteiger partial charge in [0.15, 0.2) is 5.69 Å². The van der Waals surface area contributed by atoms with Crippen LogP contribution in [0.2, 0.25) is 0 Å². The van der Waals surface area contributed by atoms with E-state index >= 15 is 0 Å². The van der Waals surface area contributed by atoms with Crippen LogP contribution in [0.5, 0.6) is 0 Å². The van der Waals surface area contributed by atoms with Gasteiger partial charge < -0.3 is 10.8 Å². The van der Waals surface area contributed by atoms with Crippen molar-refractivity contribution in [1.29, 1.82) is 0 Å². The van der Waals surface area contributed by atoms with E-state index in [0.717, 1.165) is 0 Å². The van der Waals surface area contributed by atoms with Gasteiger partial charge in [0.2, 0.25) is 0 Å². The smallest absolute Gasteiger partial charge is 0.355 e. The summed E-state index contributed by atoms with van der Waals surface area (Å²) in [6.45, 7) is 0. The van der Waals surface area contributed by atoms with Crippen molar-refractivity contribution in [3.63, 3.8) is 0 Å². The average Bonchev–Trinajstić information content (AvgIpc) is 2.29. The first-order chi connectivity index (χ1) is 7.70. The molecule has 0 aliphatic rings. The van der Waals surface area contributed by atoms with Gasteiger partial charge in [0.1, 0.15) is 0 Å². The Hall–Kier alpha value is -2.36. The van der Waals surface area contributed by atoms with Gasteiger partial charge in [-0.2, -0.15) is 0 Å². The maximum absolute atomic E-state index is 11.0. The number of nitrogen functional groups attached to an aromatic ring is 1. The van der Waals surface area contributed by atoms with Gasteiger partial charge in [0.25, 0.3) is 0 Å². The maximum Gasteiger partial charge on any atom is 0.355 e. The molecule has 2 rings (SSSR count). The third-order valence-electron chi connectivity index (χ3n) is 2.26. The van der Waals surface area contributed by atoms with E-state index in [2.05, 4.69) is 4.98 Å². The number of benzene rings is 1. The third kappa shape index (κ3) is 1.72. The summed E-state index contributed by atoms with van der Waals surface area (Å²) >= 11 is 0. The molecule has 0 amide bonds. The number of para-hydroxylation sites is 1. The summed E-state index contributed by atoms with van der Waals surface area (Å²) in [5, 5.41) is 9.01. The van der Waals surface area contributed by atoms with Gasteiger partial charge in [-0.3, -0.25) is 0 Å². The Labute approximate surface area is 92.4 Å². The number of carboxylic acid groups (broad SMARTS) is 1. The summed E-state index contributed by atoms with van der Waals surface area (Å²) in [4.78, 5) is 14.8. The number of carbonyl (C=O) groups is 1. The topological polar surface area (TPSA) is 76.2 Å². The second-order valence-corrected chi connectivity index (χ2v) is 3.29. The minimum atomic E-state index is -1.06. The van der Waals surface area contributed by atoms with Crippen LogP contribution in [-0.4, -0.2) is 16.1 Å². The maximum atomic E-state index is 11.0. The van der Waals surface area contributed by atoms with Gasteiger partial charge in [-0.1, -0.05) is 24.3 Å². The van der Waals surface area contributed by atoms with E-state index in [9.17, 15) is 4.79 Å². The second-order valence-electron chi connectivity index (χ2n) is 3.29. The van der Waals surface area contributed by atoms with Crippen molar-refractivity contribution >= 4 is 11.7 Å². The number of pyridine rings is 1. The number of carboxylic acids is 1. The number of rotatable bonds is 2. The number of nitrogens with two attached hydrogens (primary N) is 1. The Kier molecular flexibility index (Phi) is 2.55. The number of nitrogens with zero attached hydrogens (tertiary/aromatic N) is 1. The van der Waals surface area contributed by atoms with Crippen molar-refractivity contribution in [3.8, 4) is 11.1 Å². The predicted octanol–water partition coefficient (Wildman–Crippen LogP) is 2.03. The molecule has 0 atom stereocenters. The summed E-state index contributed by atoms with van der Waals surface area (Å²) in [6, 6.07) is 10.5. The zero-order valence-corrected chi connectivity index (χ0v) is 8.42. The second kappa shape index (κ2) is 4.02. The molecule has 0 aliphatic carbocycles. The molecule has 4 nitrogen and oxygen atoms in total. The molecule has 0 fully saturated rings. The molecule has 0 spiro atoms. The number of anilines is 1. The molecular formula is C12H10N2O2. The normalized spacial score (nSPS) is 10.0. The van der Waals surface area contributed by atoms with Crippen molar-refractivity contribution < 1.29 is 9.90 Å². The quantitative estimate of drug-likeness (QED) is 0.750. The molecule has 0 unspecified atom stereocenters. The van der Waals surface area contributed by atoms with E-state index < -0.39 is 5.97 Å². The highest BCUT2D eigenvalue weighted by Gasteiger charge is 2.13. The lowest BCUT2D eigenvalue weighted by molar-refractivity contribution is 0.0691. The van der Waals surface area contributed by atoms with Crippen LogP contribution in [0, 0.1) is 0 Å². The molecule has 16 heavy (non-hydrogen) atoms. The molecule has 0 radical (unpaired) electrons. The monoisotopic (exact) mass is 214 g/mol. The summed E-state index contributed by atoms with van der Waals surface area (Å²) in [5.41, 5.74) is 7.58. The first-order valence-electron chi connectivity index (χ1n) is 4.73. The molecule has 1 heterocycles. The van der Waals surface area contributed by atoms with Crippen molar-refractivity contribution in [3.05, 3.63) is 48.3 Å². The number of hydrogen-bond acceptors (Lipinski definition) is 3. The Morgan fingerprint density at radius 1 is 1.12 bits per heavy atom. The predicted molar refractivity (Wildman–Crippen MR) is 61.0 cm³/mol. The lowest BCUT2D eigenvalue weighted by Gasteiger charge is -2.07. The molecular weight excluding hydrogens is 204 g/mol. The molecule has 1 aromatic carbocycles. The molecule has 0 saturated heterocycles. The fourth-order valence-electron chi connectivity index (χ4n) is 1.54. The van der Waals surface area contributed by atoms with Crippen molar-refractivity contribution in [2.75, 3.05) is 5.73 Å². The SMILES string of the molecule is Nc1ccccc1-c1cccnc1C(=O)O. The van der Waals surface area contributed by atoms with Crippen LogP contribution in [0.25, 0.3) is 11.1 Å². The minimum absolute atomic E-state index is 0.0143. The Bertz CT molecular complexity index is 538. The van der Waals surface area contributed by atoms with Gasteiger partial charge in [0, 0.05) is 23.0 Å². The lowest BCUT2D eigenvalue weighted by atomic mass is 10.0. The van der Waals surface area contributed by atoms with E-state index in [1.165, 1.54) is 6.20 Å². The molecule has 0 saturated carbocycles. The Morgan fingerprint density at radius 2 is 1.81 bits per heavy atom. The standard InChI is InChI=1S/C12H10N2O2/c13-10-6-2-1-4-8(10)9-5-3-7-14-11(9)12(15)16/h1-7H,13H2,(H,15,16). The van der Waals surface area contributed by atoms with Crippen LogP contribution in [0.1, 0.15) is 10.5 Å². The minimum Gasteiger partial charge on any atom is -0.476 e. The lowest BCUT2D eigenvalue weighted by Crippen LogP contribution is -2.03. The van der Waals surface area contributed by atoms with E-state index in [4.69, 9.17) is 10.8 Å². The van der Waals surface area contributed by atoms with Gasteiger partial charge in [-0.15, -0.1) is 0 Å². The number of hydrogen-bond donors (Lipinski definition) is 2. The first kappa shape index (κ1) is 10.2. The van der Waals surface area contributed by atoms with Gasteiger partial charge >= 0.3 is 5.97 Å². The van der Waals surface area contributed by atoms with Gasteiger partial charge in [0.05, 0.1) is 0 Å². The highest BCUT2D eigenvalue weighted by molar-refractivity contribution is 5.95. The average molecular weight is 214 g/mol. The largest absolute Gasteiger partial charge is 0.476 e. The molecule has 2 aromatic rings. The van der Waals surface area contributed by atoms with Crippen LogP contribution in [-0.2, 0) is 0 Å². The van der Waals surface area contributed by atoms with Crippen molar-refractivity contribution in [1.82, 2.24) is 4.98 Å². The van der Waals surface area contributed by atoms with Crippen molar-refractivity contribution in [2.45, 2.75) is 0 Å². The number of aromatic nitrogens is 1. The van der Waals surface area contributed by atoms with Gasteiger partial charge in [-0.25, -0.2) is 9.78 Å². The highest BCUT2D eigenvalue weighted by Crippen LogP contribution is 2.27. The summed E-state index contributed by atoms with van der Waals surface area (Å²) in [6.07, 6.45) is 1.45. The van der Waals surface area contributed by atoms with Crippen LogP contribution in [0.3, 0.4) is 0 Å². The molecule has 3 N–H and O–H groups in total. The van der Waals surface area contributed by atoms with Gasteiger partial charge in [-0.05, 0) is 12.1 Å². The van der Waals surface area contributed by atoms with Crippen LogP contribution in [0.4, 0.5) is 5.69 Å². The van der Waals surface area contributed by atoms with Crippen molar-refractivity contribution in [2.24, 2.45) is 0 Å². The zero-order valence-electron chi connectivity index (χ0n) is 8.42. The number of aromatic carboxylic acids is 1. The zero-order chi connectivity index (χ0) is 11.5. The highest BCUT2D eigenvalue weighted by atomic mass is 16.4. The summed E-state index contributed by atoms with van der Waals surface area (Å²) in [7, 11) is 0. The van der Waals surface area contributed by atoms with Crippen LogP contribution < -0.4 is 5.73 Å². The fraction of sp³-hybridized carbons (Fsp3) is 0. The molecule has 1 aromatic heterocycles. The van der Waals surface area contributed by atoms with Crippen LogP contribution >= 0.6 is 0 Å². The van der Waals surface area contributed by atoms with Crippen LogP contribution in [0.15, 0.2) is 42.6 Å². The molecule has 0 bridgehead atoms. The Balaban J connectivity index is 2.65. The van der Waals surface area contributed by atoms with E-state index in [1.807, 2.05) is 6.07 Å². The summed E-state index contributed by atoms with van der Waals surface area (Å²) in [5.74, 6) is -1.06. The molecule has 0 aliphatic heterocycles. The van der Waals surface area contributed by atoms with E-state index in [0.29, 0.717) is 16.8 Å². The third-order valence-corrected chi connectivity index (χ3v) is 2.26. The first-order valence-corrected chi connectivity index (χ1v) is 4.73. The fourth-order valence-corrected chi connectivity index (χ4v) is 1.54. The summed E-state index contributed by atoms with van der Waals surface area (Å²) < 4.78 is 0.